The van der Waals surface area contributed by atoms with Crippen LogP contribution in [0.4, 0.5) is 0 Å². The van der Waals surface area contributed by atoms with Crippen molar-refractivity contribution in [3.63, 3.8) is 0 Å². The van der Waals surface area contributed by atoms with Crippen molar-refractivity contribution in [2.24, 2.45) is 0 Å². The predicted molar refractivity (Wildman–Crippen MR) is 67.0 cm³/mol. The zero-order valence-electron chi connectivity index (χ0n) is 10.7. The molecule has 1 aromatic heterocycles. The molecular weight excluding hydrogens is 182 g/mol. The summed E-state index contributed by atoms with van der Waals surface area (Å²) < 4.78 is 0. The van der Waals surface area contributed by atoms with Crippen molar-refractivity contribution < 1.29 is 0 Å². The first kappa shape index (κ1) is 12.0. The van der Waals surface area contributed by atoms with Crippen LogP contribution in [0.5, 0.6) is 0 Å². The van der Waals surface area contributed by atoms with E-state index in [4.69, 9.17) is 0 Å². The zero-order chi connectivity index (χ0) is 11.6. The molecule has 0 aliphatic carbocycles. The van der Waals surface area contributed by atoms with Gasteiger partial charge in [0.2, 0.25) is 0 Å². The second-order valence-corrected chi connectivity index (χ2v) is 5.38. The van der Waals surface area contributed by atoms with Crippen molar-refractivity contribution in [2.45, 2.75) is 47.0 Å². The molecule has 0 radical (unpaired) electrons. The summed E-state index contributed by atoms with van der Waals surface area (Å²) in [6, 6.07) is 2.19. The Morgan fingerprint density at radius 3 is 2.33 bits per heavy atom. The number of aromatic nitrogens is 1. The second-order valence-electron chi connectivity index (χ2n) is 5.38. The van der Waals surface area contributed by atoms with Crippen molar-refractivity contribution in [3.8, 4) is 0 Å². The van der Waals surface area contributed by atoms with Crippen LogP contribution in [0.3, 0.4) is 0 Å². The maximum atomic E-state index is 4.36. The van der Waals surface area contributed by atoms with E-state index in [1.54, 1.807) is 0 Å². The van der Waals surface area contributed by atoms with Crippen molar-refractivity contribution in [3.05, 3.63) is 34.7 Å². The minimum Gasteiger partial charge on any atom is -0.261 e. The fourth-order valence-electron chi connectivity index (χ4n) is 1.65. The SMILES string of the molecule is CC(C)=Cc1cnc(C)cc1C(C)(C)C. The molecule has 0 atom stereocenters. The third kappa shape index (κ3) is 3.19. The number of aryl methyl sites for hydroxylation is 1. The van der Waals surface area contributed by atoms with Crippen molar-refractivity contribution in [1.82, 2.24) is 4.98 Å². The Bertz CT molecular complexity index is 377. The molecule has 1 aromatic rings. The molecule has 15 heavy (non-hydrogen) atoms. The Kier molecular flexibility index (Phi) is 3.33. The number of rotatable bonds is 1. The molecule has 0 aliphatic heterocycles. The molecule has 0 aliphatic rings. The highest BCUT2D eigenvalue weighted by Crippen LogP contribution is 2.27. The van der Waals surface area contributed by atoms with Crippen LogP contribution in [-0.4, -0.2) is 4.98 Å². The zero-order valence-corrected chi connectivity index (χ0v) is 10.7. The third-order valence-electron chi connectivity index (χ3n) is 2.32. The highest BCUT2D eigenvalue weighted by atomic mass is 14.7. The largest absolute Gasteiger partial charge is 0.261 e. The van der Waals surface area contributed by atoms with Gasteiger partial charge in [0, 0.05) is 11.9 Å². The van der Waals surface area contributed by atoms with E-state index in [9.17, 15) is 0 Å². The molecule has 0 aromatic carbocycles. The van der Waals surface area contributed by atoms with Crippen LogP contribution in [0, 0.1) is 6.92 Å². The highest BCUT2D eigenvalue weighted by molar-refractivity contribution is 5.57. The molecule has 1 rings (SSSR count). The third-order valence-corrected chi connectivity index (χ3v) is 2.32. The lowest BCUT2D eigenvalue weighted by atomic mass is 9.84. The molecule has 1 heteroatoms. The van der Waals surface area contributed by atoms with Crippen LogP contribution in [0.15, 0.2) is 17.8 Å². The number of allylic oxidation sites excluding steroid dienone is 1. The molecule has 0 bridgehead atoms. The Morgan fingerprint density at radius 2 is 1.87 bits per heavy atom. The first-order valence-electron chi connectivity index (χ1n) is 5.43. The Morgan fingerprint density at radius 1 is 1.27 bits per heavy atom. The maximum Gasteiger partial charge on any atom is 0.0376 e. The minimum atomic E-state index is 0.176. The standard InChI is InChI=1S/C14H21N/c1-10(2)7-12-9-15-11(3)8-13(12)14(4,5)6/h7-9H,1-6H3. The van der Waals surface area contributed by atoms with Gasteiger partial charge in [0.15, 0.2) is 0 Å². The van der Waals surface area contributed by atoms with E-state index >= 15 is 0 Å². The molecule has 1 nitrogen and oxygen atoms in total. The van der Waals surface area contributed by atoms with Crippen LogP contribution >= 0.6 is 0 Å². The smallest absolute Gasteiger partial charge is 0.0376 e. The van der Waals surface area contributed by atoms with Gasteiger partial charge in [-0.15, -0.1) is 0 Å². The van der Waals surface area contributed by atoms with E-state index in [0.717, 1.165) is 5.69 Å². The van der Waals surface area contributed by atoms with E-state index in [2.05, 4.69) is 51.7 Å². The summed E-state index contributed by atoms with van der Waals surface area (Å²) >= 11 is 0. The van der Waals surface area contributed by atoms with Crippen molar-refractivity contribution in [2.75, 3.05) is 0 Å². The maximum absolute atomic E-state index is 4.36. The Hall–Kier alpha value is -1.11. The van der Waals surface area contributed by atoms with Gasteiger partial charge in [-0.1, -0.05) is 32.4 Å². The van der Waals surface area contributed by atoms with Gasteiger partial charge in [-0.25, -0.2) is 0 Å². The summed E-state index contributed by atoms with van der Waals surface area (Å²) in [6.45, 7) is 13.0. The number of pyridine rings is 1. The van der Waals surface area contributed by atoms with Crippen LogP contribution in [0.1, 0.15) is 51.4 Å². The van der Waals surface area contributed by atoms with Gasteiger partial charge in [0.1, 0.15) is 0 Å². The van der Waals surface area contributed by atoms with Gasteiger partial charge in [-0.05, 0) is 43.4 Å². The van der Waals surface area contributed by atoms with Crippen molar-refractivity contribution in [1.29, 1.82) is 0 Å². The van der Waals surface area contributed by atoms with Crippen LogP contribution in [0.2, 0.25) is 0 Å². The lowest BCUT2D eigenvalue weighted by molar-refractivity contribution is 0.587. The number of hydrogen-bond donors (Lipinski definition) is 0. The summed E-state index contributed by atoms with van der Waals surface area (Å²) in [4.78, 5) is 4.36. The van der Waals surface area contributed by atoms with Crippen LogP contribution in [0.25, 0.3) is 6.08 Å². The van der Waals surface area contributed by atoms with Crippen LogP contribution in [-0.2, 0) is 5.41 Å². The van der Waals surface area contributed by atoms with Gasteiger partial charge < -0.3 is 0 Å². The summed E-state index contributed by atoms with van der Waals surface area (Å²) in [5.41, 5.74) is 5.19. The monoisotopic (exact) mass is 203 g/mol. The molecule has 0 spiro atoms. The predicted octanol–water partition coefficient (Wildman–Crippen LogP) is 4.11. The molecule has 1 heterocycles. The van der Waals surface area contributed by atoms with Gasteiger partial charge >= 0.3 is 0 Å². The molecular formula is C14H21N. The summed E-state index contributed by atoms with van der Waals surface area (Å²) in [5, 5.41) is 0. The molecule has 82 valence electrons. The van der Waals surface area contributed by atoms with Gasteiger partial charge in [-0.3, -0.25) is 4.98 Å². The number of nitrogens with zero attached hydrogens (tertiary/aromatic N) is 1. The first-order valence-corrected chi connectivity index (χ1v) is 5.43. The van der Waals surface area contributed by atoms with Crippen LogP contribution < -0.4 is 0 Å². The fraction of sp³-hybridized carbons (Fsp3) is 0.500. The topological polar surface area (TPSA) is 12.9 Å². The highest BCUT2D eigenvalue weighted by Gasteiger charge is 2.17. The van der Waals surface area contributed by atoms with E-state index in [1.165, 1.54) is 16.7 Å². The molecule has 0 saturated heterocycles. The first-order chi connectivity index (χ1) is 6.80. The average Bonchev–Trinajstić information content (AvgIpc) is 2.05. The van der Waals surface area contributed by atoms with Crippen molar-refractivity contribution >= 4 is 6.08 Å². The summed E-state index contributed by atoms with van der Waals surface area (Å²) in [7, 11) is 0. The number of hydrogen-bond acceptors (Lipinski definition) is 1. The summed E-state index contributed by atoms with van der Waals surface area (Å²) in [6.07, 6.45) is 4.18. The van der Waals surface area contributed by atoms with Gasteiger partial charge in [-0.2, -0.15) is 0 Å². The molecule has 0 fully saturated rings. The quantitative estimate of drug-likeness (QED) is 0.669. The fourth-order valence-corrected chi connectivity index (χ4v) is 1.65. The summed E-state index contributed by atoms with van der Waals surface area (Å²) in [5.74, 6) is 0. The van der Waals surface area contributed by atoms with Gasteiger partial charge in [0.25, 0.3) is 0 Å². The van der Waals surface area contributed by atoms with E-state index in [1.807, 2.05) is 13.1 Å². The normalized spacial score (nSPS) is 11.3. The minimum absolute atomic E-state index is 0.176. The Labute approximate surface area is 93.2 Å². The second kappa shape index (κ2) is 4.18. The molecule has 0 unspecified atom stereocenters. The van der Waals surface area contributed by atoms with E-state index in [-0.39, 0.29) is 5.41 Å². The lowest BCUT2D eigenvalue weighted by Crippen LogP contribution is -2.13. The molecule has 0 saturated carbocycles. The van der Waals surface area contributed by atoms with Gasteiger partial charge in [0.05, 0.1) is 0 Å². The average molecular weight is 203 g/mol. The molecule has 0 N–H and O–H groups in total. The Balaban J connectivity index is 3.34. The van der Waals surface area contributed by atoms with E-state index < -0.39 is 0 Å². The lowest BCUT2D eigenvalue weighted by Gasteiger charge is -2.22. The molecule has 0 amide bonds. The van der Waals surface area contributed by atoms with E-state index in [0.29, 0.717) is 0 Å².